The normalized spacial score (nSPS) is 19.3. The molecular formula is C20H22N2O2. The zero-order valence-electron chi connectivity index (χ0n) is 13.9. The van der Waals surface area contributed by atoms with E-state index in [0.717, 1.165) is 41.6 Å². The number of amides is 1. The van der Waals surface area contributed by atoms with E-state index in [4.69, 9.17) is 4.42 Å². The molecule has 2 atom stereocenters. The summed E-state index contributed by atoms with van der Waals surface area (Å²) in [5.41, 5.74) is 2.19. The quantitative estimate of drug-likeness (QED) is 0.752. The molecule has 3 heterocycles. The molecule has 0 saturated carbocycles. The van der Waals surface area contributed by atoms with Crippen molar-refractivity contribution in [3.63, 3.8) is 0 Å². The molecule has 124 valence electrons. The summed E-state index contributed by atoms with van der Waals surface area (Å²) in [6.07, 6.45) is 6.55. The van der Waals surface area contributed by atoms with Gasteiger partial charge in [0.2, 0.25) is 5.91 Å². The molecule has 4 heteroatoms. The van der Waals surface area contributed by atoms with Crippen LogP contribution in [0, 0.1) is 5.92 Å². The lowest BCUT2D eigenvalue weighted by molar-refractivity contribution is -0.129. The number of rotatable bonds is 5. The number of aromatic nitrogens is 1. The highest BCUT2D eigenvalue weighted by molar-refractivity contribution is 5.86. The van der Waals surface area contributed by atoms with Gasteiger partial charge in [0.1, 0.15) is 11.8 Å². The Morgan fingerprint density at radius 3 is 2.96 bits per heavy atom. The van der Waals surface area contributed by atoms with Gasteiger partial charge in [-0.1, -0.05) is 31.5 Å². The van der Waals surface area contributed by atoms with Crippen LogP contribution in [0.15, 0.2) is 53.3 Å². The van der Waals surface area contributed by atoms with Crippen LogP contribution in [0.4, 0.5) is 0 Å². The van der Waals surface area contributed by atoms with Gasteiger partial charge in [-0.05, 0) is 30.5 Å². The van der Waals surface area contributed by atoms with Gasteiger partial charge < -0.3 is 14.3 Å². The number of benzene rings is 1. The molecular weight excluding hydrogens is 300 g/mol. The summed E-state index contributed by atoms with van der Waals surface area (Å²) in [7, 11) is 0. The van der Waals surface area contributed by atoms with Gasteiger partial charge in [-0.3, -0.25) is 4.79 Å². The second-order valence-electron chi connectivity index (χ2n) is 6.61. The second kappa shape index (κ2) is 6.19. The van der Waals surface area contributed by atoms with Crippen LogP contribution in [0.25, 0.3) is 10.9 Å². The molecule has 1 fully saturated rings. The lowest BCUT2D eigenvalue weighted by Crippen LogP contribution is -2.30. The van der Waals surface area contributed by atoms with Crippen molar-refractivity contribution in [3.05, 3.63) is 60.2 Å². The first-order valence-corrected chi connectivity index (χ1v) is 8.66. The smallest absolute Gasteiger partial charge is 0.223 e. The molecule has 4 rings (SSSR count). The van der Waals surface area contributed by atoms with Crippen LogP contribution in [0.1, 0.15) is 43.6 Å². The number of furan rings is 1. The molecule has 0 aliphatic carbocycles. The van der Waals surface area contributed by atoms with Gasteiger partial charge in [-0.25, -0.2) is 0 Å². The average Bonchev–Trinajstić information content (AvgIpc) is 3.31. The minimum absolute atomic E-state index is 0.162. The fourth-order valence-corrected chi connectivity index (χ4v) is 3.90. The summed E-state index contributed by atoms with van der Waals surface area (Å²) in [5, 5.41) is 1.14. The van der Waals surface area contributed by atoms with Crippen LogP contribution in [0.5, 0.6) is 0 Å². The SMILES string of the molecule is CCCC1CC(=O)N(C(c2ccco2)c2c[nH]c3ccccc23)C1. The first kappa shape index (κ1) is 15.1. The zero-order valence-corrected chi connectivity index (χ0v) is 13.9. The lowest BCUT2D eigenvalue weighted by atomic mass is 10.0. The van der Waals surface area contributed by atoms with Crippen LogP contribution < -0.4 is 0 Å². The van der Waals surface area contributed by atoms with E-state index in [9.17, 15) is 4.79 Å². The summed E-state index contributed by atoms with van der Waals surface area (Å²) >= 11 is 0. The number of nitrogens with zero attached hydrogens (tertiary/aromatic N) is 1. The van der Waals surface area contributed by atoms with Crippen LogP contribution in [0.3, 0.4) is 0 Å². The van der Waals surface area contributed by atoms with Crippen molar-refractivity contribution in [2.75, 3.05) is 6.54 Å². The van der Waals surface area contributed by atoms with Crippen molar-refractivity contribution in [2.24, 2.45) is 5.92 Å². The molecule has 2 aromatic heterocycles. The van der Waals surface area contributed by atoms with E-state index in [1.165, 1.54) is 0 Å². The van der Waals surface area contributed by atoms with Gasteiger partial charge in [0, 0.05) is 35.6 Å². The first-order chi connectivity index (χ1) is 11.8. The zero-order chi connectivity index (χ0) is 16.5. The predicted molar refractivity (Wildman–Crippen MR) is 93.6 cm³/mol. The van der Waals surface area contributed by atoms with Crippen molar-refractivity contribution in [1.29, 1.82) is 0 Å². The minimum Gasteiger partial charge on any atom is -0.467 e. The Hall–Kier alpha value is -2.49. The van der Waals surface area contributed by atoms with E-state index in [1.54, 1.807) is 6.26 Å². The standard InChI is InChI=1S/C20H22N2O2/c1-2-6-14-11-19(23)22(13-14)20(18-9-5-10-24-18)16-12-21-17-8-4-3-7-15(16)17/h3-5,7-10,12,14,20-21H,2,6,11,13H2,1H3. The number of hydrogen-bond acceptors (Lipinski definition) is 2. The topological polar surface area (TPSA) is 49.2 Å². The van der Waals surface area contributed by atoms with Crippen LogP contribution >= 0.6 is 0 Å². The number of nitrogens with one attached hydrogen (secondary N) is 1. The highest BCUT2D eigenvalue weighted by atomic mass is 16.3. The summed E-state index contributed by atoms with van der Waals surface area (Å²) < 4.78 is 5.72. The van der Waals surface area contributed by atoms with E-state index >= 15 is 0 Å². The molecule has 1 aliphatic heterocycles. The second-order valence-corrected chi connectivity index (χ2v) is 6.61. The lowest BCUT2D eigenvalue weighted by Gasteiger charge is -2.26. The van der Waals surface area contributed by atoms with Gasteiger partial charge in [0.25, 0.3) is 0 Å². The number of aromatic amines is 1. The number of para-hydroxylation sites is 1. The van der Waals surface area contributed by atoms with Crippen molar-refractivity contribution < 1.29 is 9.21 Å². The maximum absolute atomic E-state index is 12.7. The Morgan fingerprint density at radius 2 is 2.17 bits per heavy atom. The summed E-state index contributed by atoms with van der Waals surface area (Å²) in [5.74, 6) is 1.50. The third kappa shape index (κ3) is 2.52. The summed E-state index contributed by atoms with van der Waals surface area (Å²) in [6.45, 7) is 2.98. The monoisotopic (exact) mass is 322 g/mol. The average molecular weight is 322 g/mol. The predicted octanol–water partition coefficient (Wildman–Crippen LogP) is 4.50. The Labute approximate surface area is 141 Å². The Balaban J connectivity index is 1.77. The van der Waals surface area contributed by atoms with Crippen molar-refractivity contribution in [3.8, 4) is 0 Å². The van der Waals surface area contributed by atoms with Crippen LogP contribution in [0.2, 0.25) is 0 Å². The molecule has 0 spiro atoms. The summed E-state index contributed by atoms with van der Waals surface area (Å²) in [6, 6.07) is 11.9. The maximum Gasteiger partial charge on any atom is 0.223 e. The molecule has 2 unspecified atom stereocenters. The van der Waals surface area contributed by atoms with Crippen LogP contribution in [-0.4, -0.2) is 22.3 Å². The van der Waals surface area contributed by atoms with Gasteiger partial charge >= 0.3 is 0 Å². The van der Waals surface area contributed by atoms with Crippen molar-refractivity contribution >= 4 is 16.8 Å². The van der Waals surface area contributed by atoms with E-state index in [0.29, 0.717) is 12.3 Å². The number of H-pyrrole nitrogens is 1. The number of carbonyl (C=O) groups excluding carboxylic acids is 1. The van der Waals surface area contributed by atoms with E-state index < -0.39 is 0 Å². The third-order valence-corrected chi connectivity index (χ3v) is 4.98. The molecule has 4 nitrogen and oxygen atoms in total. The Kier molecular flexibility index (Phi) is 3.89. The molecule has 0 radical (unpaired) electrons. The van der Waals surface area contributed by atoms with Crippen molar-refractivity contribution in [1.82, 2.24) is 9.88 Å². The van der Waals surface area contributed by atoms with Gasteiger partial charge in [0.15, 0.2) is 0 Å². The number of likely N-dealkylation sites (tertiary alicyclic amines) is 1. The van der Waals surface area contributed by atoms with Gasteiger partial charge in [-0.2, -0.15) is 0 Å². The highest BCUT2D eigenvalue weighted by Gasteiger charge is 2.37. The Bertz CT molecular complexity index is 834. The molecule has 3 aromatic rings. The molecule has 1 aliphatic rings. The van der Waals surface area contributed by atoms with Gasteiger partial charge in [-0.15, -0.1) is 0 Å². The fraction of sp³-hybridized carbons (Fsp3) is 0.350. The van der Waals surface area contributed by atoms with E-state index in [1.807, 2.05) is 35.4 Å². The largest absolute Gasteiger partial charge is 0.467 e. The molecule has 1 aromatic carbocycles. The molecule has 1 N–H and O–H groups in total. The van der Waals surface area contributed by atoms with E-state index in [-0.39, 0.29) is 11.9 Å². The number of hydrogen-bond donors (Lipinski definition) is 1. The minimum atomic E-state index is -0.162. The third-order valence-electron chi connectivity index (χ3n) is 4.98. The Morgan fingerprint density at radius 1 is 1.29 bits per heavy atom. The fourth-order valence-electron chi connectivity index (χ4n) is 3.90. The number of fused-ring (bicyclic) bond motifs is 1. The molecule has 1 amide bonds. The van der Waals surface area contributed by atoms with E-state index in [2.05, 4.69) is 24.0 Å². The molecule has 24 heavy (non-hydrogen) atoms. The first-order valence-electron chi connectivity index (χ1n) is 8.66. The van der Waals surface area contributed by atoms with Gasteiger partial charge in [0.05, 0.1) is 6.26 Å². The number of carbonyl (C=O) groups is 1. The van der Waals surface area contributed by atoms with Crippen LogP contribution in [-0.2, 0) is 4.79 Å². The molecule has 1 saturated heterocycles. The van der Waals surface area contributed by atoms with Crippen molar-refractivity contribution in [2.45, 2.75) is 32.2 Å². The molecule has 0 bridgehead atoms. The summed E-state index contributed by atoms with van der Waals surface area (Å²) in [4.78, 5) is 18.0. The maximum atomic E-state index is 12.7. The highest BCUT2D eigenvalue weighted by Crippen LogP contribution is 2.38.